The molecule has 0 saturated carbocycles. The summed E-state index contributed by atoms with van der Waals surface area (Å²) in [4.78, 5) is 14.2. The lowest BCUT2D eigenvalue weighted by molar-refractivity contribution is 0.0600. The van der Waals surface area contributed by atoms with E-state index in [1.54, 1.807) is 17.0 Å². The maximum absolute atomic E-state index is 12.5. The molecule has 0 radical (unpaired) electrons. The molecule has 2 rings (SSSR count). The van der Waals surface area contributed by atoms with Crippen LogP contribution in [0.3, 0.4) is 0 Å². The van der Waals surface area contributed by atoms with Crippen LogP contribution in [0.15, 0.2) is 29.2 Å². The molecule has 1 saturated heterocycles. The van der Waals surface area contributed by atoms with Gasteiger partial charge in [-0.15, -0.1) is 0 Å². The summed E-state index contributed by atoms with van der Waals surface area (Å²) in [5.74, 6) is -0.129. The fraction of sp³-hybridized carbons (Fsp3) is 0.533. The summed E-state index contributed by atoms with van der Waals surface area (Å²) in [5, 5.41) is 0. The highest BCUT2D eigenvalue weighted by molar-refractivity contribution is 8.13. The van der Waals surface area contributed by atoms with Gasteiger partial charge in [0.2, 0.25) is 0 Å². The second kappa shape index (κ2) is 5.97. The van der Waals surface area contributed by atoms with Crippen LogP contribution in [-0.2, 0) is 9.05 Å². The average Bonchev–Trinajstić information content (AvgIpc) is 2.47. The summed E-state index contributed by atoms with van der Waals surface area (Å²) in [7, 11) is 1.51. The van der Waals surface area contributed by atoms with Gasteiger partial charge in [0.25, 0.3) is 15.0 Å². The first-order valence-corrected chi connectivity index (χ1v) is 9.40. The molecule has 0 bridgehead atoms. The lowest BCUT2D eigenvalue weighted by Crippen LogP contribution is -2.41. The van der Waals surface area contributed by atoms with E-state index < -0.39 is 9.05 Å². The summed E-state index contributed by atoms with van der Waals surface area (Å²) in [6.45, 7) is 5.84. The number of benzene rings is 1. The lowest BCUT2D eigenvalue weighted by atomic mass is 9.78. The van der Waals surface area contributed by atoms with E-state index in [1.807, 2.05) is 0 Å². The van der Waals surface area contributed by atoms with Crippen LogP contribution in [0, 0.1) is 5.41 Å². The van der Waals surface area contributed by atoms with Gasteiger partial charge >= 0.3 is 0 Å². The Morgan fingerprint density at radius 2 is 1.95 bits per heavy atom. The zero-order valence-electron chi connectivity index (χ0n) is 12.3. The number of nitrogens with zero attached hydrogens (tertiary/aromatic N) is 1. The summed E-state index contributed by atoms with van der Waals surface area (Å²) >= 11 is 0. The zero-order chi connectivity index (χ0) is 15.7. The van der Waals surface area contributed by atoms with Crippen LogP contribution in [0.4, 0.5) is 0 Å². The Bertz CT molecular complexity index is 634. The molecule has 0 aliphatic carbocycles. The lowest BCUT2D eigenvalue weighted by Gasteiger charge is -2.39. The minimum absolute atomic E-state index is 0.0366. The predicted molar refractivity (Wildman–Crippen MR) is 83.0 cm³/mol. The van der Waals surface area contributed by atoms with Gasteiger partial charge < -0.3 is 4.90 Å². The molecule has 0 unspecified atom stereocenters. The first-order chi connectivity index (χ1) is 9.75. The molecule has 1 amide bonds. The largest absolute Gasteiger partial charge is 0.339 e. The van der Waals surface area contributed by atoms with Gasteiger partial charge in [-0.2, -0.15) is 0 Å². The molecule has 1 aromatic rings. The van der Waals surface area contributed by atoms with Crippen LogP contribution < -0.4 is 0 Å². The minimum Gasteiger partial charge on any atom is -0.339 e. The number of piperidine rings is 1. The van der Waals surface area contributed by atoms with E-state index in [9.17, 15) is 13.2 Å². The fourth-order valence-electron chi connectivity index (χ4n) is 2.57. The molecule has 0 spiro atoms. The highest BCUT2D eigenvalue weighted by atomic mass is 35.7. The van der Waals surface area contributed by atoms with Crippen LogP contribution in [0.1, 0.15) is 43.5 Å². The number of halogens is 1. The number of amides is 1. The number of carbonyl (C=O) groups excluding carboxylic acids is 1. The molecule has 21 heavy (non-hydrogen) atoms. The molecule has 1 aromatic carbocycles. The summed E-state index contributed by atoms with van der Waals surface area (Å²) in [6.07, 6.45) is 3.06. The van der Waals surface area contributed by atoms with Crippen molar-refractivity contribution in [2.45, 2.75) is 38.0 Å². The van der Waals surface area contributed by atoms with Crippen LogP contribution in [0.5, 0.6) is 0 Å². The Morgan fingerprint density at radius 1 is 1.33 bits per heavy atom. The second-order valence-electron chi connectivity index (χ2n) is 5.92. The van der Waals surface area contributed by atoms with E-state index >= 15 is 0 Å². The van der Waals surface area contributed by atoms with E-state index in [4.69, 9.17) is 10.7 Å². The fourth-order valence-corrected chi connectivity index (χ4v) is 3.36. The number of carbonyl (C=O) groups is 1. The highest BCUT2D eigenvalue weighted by Crippen LogP contribution is 2.34. The van der Waals surface area contributed by atoms with Crippen molar-refractivity contribution in [3.63, 3.8) is 0 Å². The Hall–Kier alpha value is -1.07. The van der Waals surface area contributed by atoms with E-state index in [-0.39, 0.29) is 10.8 Å². The van der Waals surface area contributed by atoms with Gasteiger partial charge in [-0.3, -0.25) is 4.79 Å². The molecule has 0 aromatic heterocycles. The Morgan fingerprint density at radius 3 is 2.48 bits per heavy atom. The normalized spacial score (nSPS) is 18.5. The second-order valence-corrected chi connectivity index (χ2v) is 8.49. The Balaban J connectivity index is 2.15. The first-order valence-electron chi connectivity index (χ1n) is 7.09. The number of rotatable bonds is 3. The average molecular weight is 330 g/mol. The SMILES string of the molecule is CCC1(C)CCN(C(=O)c2cccc(S(=O)(=O)Cl)c2)CC1. The maximum Gasteiger partial charge on any atom is 0.261 e. The third kappa shape index (κ3) is 3.77. The van der Waals surface area contributed by atoms with Crippen molar-refractivity contribution < 1.29 is 13.2 Å². The van der Waals surface area contributed by atoms with Gasteiger partial charge in [-0.1, -0.05) is 26.3 Å². The summed E-state index contributed by atoms with van der Waals surface area (Å²) < 4.78 is 22.7. The van der Waals surface area contributed by atoms with Gasteiger partial charge in [0.15, 0.2) is 0 Å². The Kier molecular flexibility index (Phi) is 4.63. The van der Waals surface area contributed by atoms with Crippen LogP contribution in [0.2, 0.25) is 0 Å². The smallest absolute Gasteiger partial charge is 0.261 e. The van der Waals surface area contributed by atoms with Gasteiger partial charge in [-0.05, 0) is 36.5 Å². The van der Waals surface area contributed by atoms with Crippen LogP contribution >= 0.6 is 10.7 Å². The standard InChI is InChI=1S/C15H20ClNO3S/c1-3-15(2)7-9-17(10-8-15)14(18)12-5-4-6-13(11-12)21(16,19)20/h4-6,11H,3,7-10H2,1-2H3. The number of hydrogen-bond donors (Lipinski definition) is 0. The van der Waals surface area contributed by atoms with E-state index in [0.717, 1.165) is 19.3 Å². The molecule has 1 fully saturated rings. The van der Waals surface area contributed by atoms with Gasteiger partial charge in [0.05, 0.1) is 4.90 Å². The molecule has 1 aliphatic rings. The highest BCUT2D eigenvalue weighted by Gasteiger charge is 2.30. The van der Waals surface area contributed by atoms with Crippen molar-refractivity contribution in [3.05, 3.63) is 29.8 Å². The molecule has 0 N–H and O–H groups in total. The van der Waals surface area contributed by atoms with E-state index in [0.29, 0.717) is 24.1 Å². The molecule has 0 atom stereocenters. The molecule has 116 valence electrons. The molecule has 1 heterocycles. The Labute approximate surface area is 130 Å². The van der Waals surface area contributed by atoms with Crippen molar-refractivity contribution in [1.82, 2.24) is 4.90 Å². The monoisotopic (exact) mass is 329 g/mol. The number of hydrogen-bond acceptors (Lipinski definition) is 3. The third-order valence-electron chi connectivity index (χ3n) is 4.47. The topological polar surface area (TPSA) is 54.5 Å². The van der Waals surface area contributed by atoms with Crippen molar-refractivity contribution in [2.24, 2.45) is 5.41 Å². The van der Waals surface area contributed by atoms with E-state index in [1.165, 1.54) is 12.1 Å². The molecule has 1 aliphatic heterocycles. The quantitative estimate of drug-likeness (QED) is 0.800. The van der Waals surface area contributed by atoms with Crippen molar-refractivity contribution in [3.8, 4) is 0 Å². The van der Waals surface area contributed by atoms with Crippen molar-refractivity contribution >= 4 is 25.6 Å². The number of likely N-dealkylation sites (tertiary alicyclic amines) is 1. The maximum atomic E-state index is 12.5. The van der Waals surface area contributed by atoms with Gasteiger partial charge in [0, 0.05) is 29.3 Å². The predicted octanol–water partition coefficient (Wildman–Crippen LogP) is 3.27. The summed E-state index contributed by atoms with van der Waals surface area (Å²) in [5.41, 5.74) is 0.676. The van der Waals surface area contributed by atoms with E-state index in [2.05, 4.69) is 13.8 Å². The third-order valence-corrected chi connectivity index (χ3v) is 5.83. The van der Waals surface area contributed by atoms with Crippen molar-refractivity contribution in [1.29, 1.82) is 0 Å². The molecular formula is C15H20ClNO3S. The van der Waals surface area contributed by atoms with Crippen molar-refractivity contribution in [2.75, 3.05) is 13.1 Å². The van der Waals surface area contributed by atoms with Crippen LogP contribution in [0.25, 0.3) is 0 Å². The molecule has 6 heteroatoms. The molecular weight excluding hydrogens is 310 g/mol. The van der Waals surface area contributed by atoms with Gasteiger partial charge in [0.1, 0.15) is 0 Å². The van der Waals surface area contributed by atoms with Gasteiger partial charge in [-0.25, -0.2) is 8.42 Å². The zero-order valence-corrected chi connectivity index (χ0v) is 13.9. The first kappa shape index (κ1) is 16.3. The van der Waals surface area contributed by atoms with Crippen LogP contribution in [-0.4, -0.2) is 32.3 Å². The summed E-state index contributed by atoms with van der Waals surface area (Å²) in [6, 6.07) is 5.91. The molecule has 4 nitrogen and oxygen atoms in total. The minimum atomic E-state index is -3.81.